The second-order valence-corrected chi connectivity index (χ2v) is 18.1. The first kappa shape index (κ1) is 38.0. The van der Waals surface area contributed by atoms with Gasteiger partial charge < -0.3 is 19.6 Å². The third kappa shape index (κ3) is 13.4. The summed E-state index contributed by atoms with van der Waals surface area (Å²) in [4.78, 5) is 30.8. The average molecular weight is 607 g/mol. The van der Waals surface area contributed by atoms with Gasteiger partial charge in [0.1, 0.15) is 0 Å². The van der Waals surface area contributed by atoms with E-state index in [1.165, 1.54) is 12.8 Å². The standard InChI is InChI=1S/C37H70N2O4/c1-34(2,3)21-14-12-16-30(35(4,5)6)32(41)38-24-19-29(20-25-38)43-27-37(10,11)22-15-13-17-31(36(7,8)9)33(42)39-23-18-28(40)26-39/h28-31,40H,12-27H2,1-11H3. The first-order chi connectivity index (χ1) is 19.7. The van der Waals surface area contributed by atoms with Crippen molar-refractivity contribution < 1.29 is 19.4 Å². The topological polar surface area (TPSA) is 70.1 Å². The molecule has 0 aromatic carbocycles. The molecule has 3 atom stereocenters. The smallest absolute Gasteiger partial charge is 0.226 e. The number of amides is 2. The fraction of sp³-hybridized carbons (Fsp3) is 0.946. The number of β-amino-alcohol motifs (C(OH)–C–C–N with tert-alkyl or cyclic N) is 1. The first-order valence-corrected chi connectivity index (χ1v) is 17.6. The molecule has 2 saturated heterocycles. The number of aliphatic hydroxyl groups is 1. The van der Waals surface area contributed by atoms with Crippen LogP contribution in [0.15, 0.2) is 0 Å². The maximum atomic E-state index is 13.6. The van der Waals surface area contributed by atoms with E-state index in [0.717, 1.165) is 71.1 Å². The van der Waals surface area contributed by atoms with Crippen molar-refractivity contribution in [1.29, 1.82) is 0 Å². The largest absolute Gasteiger partial charge is 0.391 e. The number of nitrogens with zero attached hydrogens (tertiary/aromatic N) is 2. The number of unbranched alkanes of at least 4 members (excludes halogenated alkanes) is 2. The summed E-state index contributed by atoms with van der Waals surface area (Å²) >= 11 is 0. The van der Waals surface area contributed by atoms with Crippen molar-refractivity contribution in [1.82, 2.24) is 9.80 Å². The van der Waals surface area contributed by atoms with Gasteiger partial charge in [0, 0.05) is 38.0 Å². The molecule has 2 heterocycles. The number of hydrogen-bond donors (Lipinski definition) is 1. The molecule has 1 N–H and O–H groups in total. The Morgan fingerprint density at radius 3 is 1.60 bits per heavy atom. The molecule has 6 nitrogen and oxygen atoms in total. The Morgan fingerprint density at radius 2 is 1.16 bits per heavy atom. The summed E-state index contributed by atoms with van der Waals surface area (Å²) in [6.07, 6.45) is 11.0. The van der Waals surface area contributed by atoms with Crippen LogP contribution >= 0.6 is 0 Å². The molecular weight excluding hydrogens is 536 g/mol. The molecule has 3 unspecified atom stereocenters. The number of rotatable bonds is 14. The molecule has 0 bridgehead atoms. The van der Waals surface area contributed by atoms with Crippen molar-refractivity contribution in [2.45, 2.75) is 159 Å². The van der Waals surface area contributed by atoms with Crippen LogP contribution in [-0.2, 0) is 14.3 Å². The Balaban J connectivity index is 1.75. The molecule has 0 radical (unpaired) electrons. The fourth-order valence-electron chi connectivity index (χ4n) is 6.85. The van der Waals surface area contributed by atoms with Gasteiger partial charge in [-0.2, -0.15) is 0 Å². The van der Waals surface area contributed by atoms with Gasteiger partial charge in [-0.3, -0.25) is 9.59 Å². The molecule has 0 aromatic rings. The summed E-state index contributed by atoms with van der Waals surface area (Å²) in [5, 5.41) is 9.90. The van der Waals surface area contributed by atoms with Crippen LogP contribution in [0.2, 0.25) is 0 Å². The number of likely N-dealkylation sites (tertiary alicyclic amines) is 2. The Bertz CT molecular complexity index is 855. The van der Waals surface area contributed by atoms with Crippen molar-refractivity contribution in [3.63, 3.8) is 0 Å². The number of hydrogen-bond acceptors (Lipinski definition) is 4. The van der Waals surface area contributed by atoms with Crippen molar-refractivity contribution >= 4 is 11.8 Å². The maximum Gasteiger partial charge on any atom is 0.226 e. The lowest BCUT2D eigenvalue weighted by molar-refractivity contribution is -0.142. The zero-order valence-corrected chi connectivity index (χ0v) is 30.2. The Hall–Kier alpha value is -1.14. The summed E-state index contributed by atoms with van der Waals surface area (Å²) in [5.41, 5.74) is 0.329. The van der Waals surface area contributed by atoms with E-state index in [2.05, 4.69) is 81.1 Å². The summed E-state index contributed by atoms with van der Waals surface area (Å²) in [6.45, 7) is 28.1. The molecule has 2 amide bonds. The highest BCUT2D eigenvalue weighted by atomic mass is 16.5. The molecule has 2 aliphatic rings. The molecule has 0 aromatic heterocycles. The SMILES string of the molecule is CC(C)(C)CCCCC(C(=O)N1CCC(OCC(C)(C)CCCCC(C(=O)N2CCC(O)C2)C(C)(C)C)CC1)C(C)(C)C. The maximum absolute atomic E-state index is 13.6. The van der Waals surface area contributed by atoms with Crippen molar-refractivity contribution in [2.75, 3.05) is 32.8 Å². The van der Waals surface area contributed by atoms with Crippen molar-refractivity contribution in [3.8, 4) is 0 Å². The molecule has 43 heavy (non-hydrogen) atoms. The molecule has 2 fully saturated rings. The van der Waals surface area contributed by atoms with Gasteiger partial charge in [-0.25, -0.2) is 0 Å². The predicted molar refractivity (Wildman–Crippen MR) is 179 cm³/mol. The molecule has 0 aliphatic carbocycles. The van der Waals surface area contributed by atoms with Gasteiger partial charge in [-0.15, -0.1) is 0 Å². The van der Waals surface area contributed by atoms with Crippen LogP contribution < -0.4 is 0 Å². The third-order valence-corrected chi connectivity index (χ3v) is 9.89. The molecule has 0 saturated carbocycles. The summed E-state index contributed by atoms with van der Waals surface area (Å²) in [7, 11) is 0. The van der Waals surface area contributed by atoms with Crippen LogP contribution in [-0.4, -0.2) is 71.7 Å². The lowest BCUT2D eigenvalue weighted by atomic mass is 9.76. The highest BCUT2D eigenvalue weighted by Crippen LogP contribution is 2.36. The summed E-state index contributed by atoms with van der Waals surface area (Å²) in [5.74, 6) is 0.631. The van der Waals surface area contributed by atoms with Crippen LogP contribution in [0.5, 0.6) is 0 Å². The van der Waals surface area contributed by atoms with Gasteiger partial charge >= 0.3 is 0 Å². The highest BCUT2D eigenvalue weighted by molar-refractivity contribution is 5.80. The van der Waals surface area contributed by atoms with E-state index >= 15 is 0 Å². The monoisotopic (exact) mass is 607 g/mol. The zero-order chi connectivity index (χ0) is 32.6. The van der Waals surface area contributed by atoms with Crippen molar-refractivity contribution in [2.24, 2.45) is 33.5 Å². The second kappa shape index (κ2) is 15.9. The summed E-state index contributed by atoms with van der Waals surface area (Å²) in [6, 6.07) is 0. The van der Waals surface area contributed by atoms with Crippen LogP contribution in [0.25, 0.3) is 0 Å². The summed E-state index contributed by atoms with van der Waals surface area (Å²) < 4.78 is 6.44. The highest BCUT2D eigenvalue weighted by Gasteiger charge is 2.37. The Labute approximate surface area is 266 Å². The average Bonchev–Trinajstić information content (AvgIpc) is 3.31. The molecule has 6 heteroatoms. The van der Waals surface area contributed by atoms with Gasteiger partial charge in [0.05, 0.1) is 18.8 Å². The molecule has 252 valence electrons. The minimum absolute atomic E-state index is 0.00794. The third-order valence-electron chi connectivity index (χ3n) is 9.89. The second-order valence-electron chi connectivity index (χ2n) is 18.1. The number of carbonyl (C=O) groups excluding carboxylic acids is 2. The molecular formula is C37H70N2O4. The van der Waals surface area contributed by atoms with E-state index in [0.29, 0.717) is 30.8 Å². The molecule has 2 rings (SSSR count). The quantitative estimate of drug-likeness (QED) is 0.203. The van der Waals surface area contributed by atoms with Gasteiger partial charge in [-0.05, 0) is 66.6 Å². The van der Waals surface area contributed by atoms with Crippen LogP contribution in [0.3, 0.4) is 0 Å². The minimum atomic E-state index is -0.369. The van der Waals surface area contributed by atoms with Crippen LogP contribution in [0.1, 0.15) is 147 Å². The molecule has 2 aliphatic heterocycles. The van der Waals surface area contributed by atoms with E-state index in [1.807, 2.05) is 4.90 Å². The number of carbonyl (C=O) groups is 2. The number of aliphatic hydroxyl groups excluding tert-OH is 1. The number of ether oxygens (including phenoxy) is 1. The van der Waals surface area contributed by atoms with Gasteiger partial charge in [-0.1, -0.05) is 102 Å². The molecule has 0 spiro atoms. The Morgan fingerprint density at radius 1 is 0.698 bits per heavy atom. The number of piperidine rings is 1. The van der Waals surface area contributed by atoms with Gasteiger partial charge in [0.15, 0.2) is 0 Å². The van der Waals surface area contributed by atoms with Gasteiger partial charge in [0.2, 0.25) is 11.8 Å². The van der Waals surface area contributed by atoms with Crippen molar-refractivity contribution in [3.05, 3.63) is 0 Å². The lowest BCUT2D eigenvalue weighted by Gasteiger charge is -2.39. The minimum Gasteiger partial charge on any atom is -0.391 e. The predicted octanol–water partition coefficient (Wildman–Crippen LogP) is 8.10. The normalized spacial score (nSPS) is 20.9. The van der Waals surface area contributed by atoms with E-state index in [9.17, 15) is 14.7 Å². The van der Waals surface area contributed by atoms with E-state index in [-0.39, 0.29) is 46.2 Å². The van der Waals surface area contributed by atoms with Crippen LogP contribution in [0, 0.1) is 33.5 Å². The fourth-order valence-corrected chi connectivity index (χ4v) is 6.85. The first-order valence-electron chi connectivity index (χ1n) is 17.6. The van der Waals surface area contributed by atoms with Crippen LogP contribution in [0.4, 0.5) is 0 Å². The van der Waals surface area contributed by atoms with E-state index < -0.39 is 0 Å². The lowest BCUT2D eigenvalue weighted by Crippen LogP contribution is -2.46. The van der Waals surface area contributed by atoms with E-state index in [1.54, 1.807) is 0 Å². The zero-order valence-electron chi connectivity index (χ0n) is 30.2. The van der Waals surface area contributed by atoms with E-state index in [4.69, 9.17) is 4.74 Å². The Kier molecular flexibility index (Phi) is 14.1. The van der Waals surface area contributed by atoms with Gasteiger partial charge in [0.25, 0.3) is 0 Å².